The predicted octanol–water partition coefficient (Wildman–Crippen LogP) is 3.19. The van der Waals surface area contributed by atoms with Crippen LogP contribution in [-0.4, -0.2) is 40.0 Å². The van der Waals surface area contributed by atoms with E-state index >= 15 is 0 Å². The molecule has 0 aliphatic carbocycles. The summed E-state index contributed by atoms with van der Waals surface area (Å²) >= 11 is 5.95. The molecular weight excluding hydrogens is 345 g/mol. The Labute approximate surface area is 148 Å². The van der Waals surface area contributed by atoms with Crippen molar-refractivity contribution in [2.75, 3.05) is 13.1 Å². The maximum atomic E-state index is 12.9. The Balaban J connectivity index is 1.32. The van der Waals surface area contributed by atoms with Crippen LogP contribution in [0.15, 0.2) is 42.5 Å². The van der Waals surface area contributed by atoms with E-state index in [2.05, 4.69) is 9.97 Å². The number of ether oxygens (including phenoxy) is 1. The number of aromatic nitrogens is 2. The number of fused-ring (bicyclic) bond motifs is 1. The summed E-state index contributed by atoms with van der Waals surface area (Å²) in [6, 6.07) is 11.2. The fraction of sp³-hybridized carbons (Fsp3) is 0.222. The molecule has 5 nitrogen and oxygen atoms in total. The lowest BCUT2D eigenvalue weighted by Crippen LogP contribution is -2.56. The molecule has 1 N–H and O–H groups in total. The molecule has 0 bridgehead atoms. The normalized spacial score (nSPS) is 14.6. The lowest BCUT2D eigenvalue weighted by Gasteiger charge is -2.38. The van der Waals surface area contributed by atoms with Gasteiger partial charge in [0.25, 0.3) is 0 Å². The Hall–Kier alpha value is -2.60. The number of carbonyl (C=O) groups excluding carboxylic acids is 1. The minimum Gasteiger partial charge on any atom is -0.487 e. The van der Waals surface area contributed by atoms with Gasteiger partial charge in [-0.1, -0.05) is 11.6 Å². The summed E-state index contributed by atoms with van der Waals surface area (Å²) in [7, 11) is 0. The van der Waals surface area contributed by atoms with Gasteiger partial charge in [0, 0.05) is 5.02 Å². The van der Waals surface area contributed by atoms with Crippen LogP contribution in [0.2, 0.25) is 5.02 Å². The van der Waals surface area contributed by atoms with Gasteiger partial charge in [0.15, 0.2) is 0 Å². The fourth-order valence-electron chi connectivity index (χ4n) is 2.80. The van der Waals surface area contributed by atoms with Gasteiger partial charge in [0.1, 0.15) is 23.5 Å². The molecule has 2 aromatic carbocycles. The Bertz CT molecular complexity index is 920. The molecule has 1 aliphatic rings. The number of nitrogens with zero attached hydrogens (tertiary/aromatic N) is 2. The Morgan fingerprint density at radius 2 is 2.04 bits per heavy atom. The van der Waals surface area contributed by atoms with Crippen LogP contribution in [0.4, 0.5) is 4.39 Å². The summed E-state index contributed by atoms with van der Waals surface area (Å²) in [4.78, 5) is 21.6. The molecule has 7 heteroatoms. The van der Waals surface area contributed by atoms with Crippen LogP contribution in [0.25, 0.3) is 11.0 Å². The number of aromatic amines is 1. The molecule has 25 heavy (non-hydrogen) atoms. The van der Waals surface area contributed by atoms with Crippen molar-refractivity contribution in [3.63, 3.8) is 0 Å². The summed E-state index contributed by atoms with van der Waals surface area (Å²) in [5.74, 6) is 0.909. The van der Waals surface area contributed by atoms with Crippen LogP contribution < -0.4 is 4.74 Å². The maximum Gasteiger partial charge on any atom is 0.230 e. The number of H-pyrrole nitrogens is 1. The van der Waals surface area contributed by atoms with Crippen LogP contribution >= 0.6 is 11.6 Å². The smallest absolute Gasteiger partial charge is 0.230 e. The van der Waals surface area contributed by atoms with E-state index < -0.39 is 0 Å². The zero-order chi connectivity index (χ0) is 17.4. The summed E-state index contributed by atoms with van der Waals surface area (Å²) in [5.41, 5.74) is 1.60. The maximum absolute atomic E-state index is 12.9. The zero-order valence-electron chi connectivity index (χ0n) is 13.2. The second-order valence-electron chi connectivity index (χ2n) is 6.01. The molecule has 0 radical (unpaired) electrons. The molecule has 1 fully saturated rings. The quantitative estimate of drug-likeness (QED) is 0.778. The second kappa shape index (κ2) is 6.37. The van der Waals surface area contributed by atoms with Crippen LogP contribution in [0.3, 0.4) is 0 Å². The van der Waals surface area contributed by atoms with Crippen molar-refractivity contribution in [2.45, 2.75) is 12.5 Å². The molecular formula is C18H15ClFN3O2. The average molecular weight is 360 g/mol. The third kappa shape index (κ3) is 3.44. The van der Waals surface area contributed by atoms with Gasteiger partial charge < -0.3 is 14.6 Å². The zero-order valence-corrected chi connectivity index (χ0v) is 14.0. The number of hydrogen-bond donors (Lipinski definition) is 1. The minimum absolute atomic E-state index is 0.0101. The van der Waals surface area contributed by atoms with Gasteiger partial charge in [-0.15, -0.1) is 0 Å². The molecule has 1 saturated heterocycles. The number of halogens is 2. The number of imidazole rings is 1. The van der Waals surface area contributed by atoms with Gasteiger partial charge in [0.2, 0.25) is 5.91 Å². The van der Waals surface area contributed by atoms with Gasteiger partial charge in [-0.25, -0.2) is 9.37 Å². The van der Waals surface area contributed by atoms with Gasteiger partial charge in [0.05, 0.1) is 30.5 Å². The van der Waals surface area contributed by atoms with Crippen LogP contribution in [0, 0.1) is 5.82 Å². The Morgan fingerprint density at radius 3 is 2.80 bits per heavy atom. The van der Waals surface area contributed by atoms with Crippen molar-refractivity contribution in [3.05, 3.63) is 59.1 Å². The van der Waals surface area contributed by atoms with Crippen LogP contribution in [0.1, 0.15) is 5.82 Å². The Kier molecular flexibility index (Phi) is 4.05. The second-order valence-corrected chi connectivity index (χ2v) is 6.45. The van der Waals surface area contributed by atoms with Crippen molar-refractivity contribution in [3.8, 4) is 5.75 Å². The largest absolute Gasteiger partial charge is 0.487 e. The molecule has 0 atom stereocenters. The first kappa shape index (κ1) is 15.9. The van der Waals surface area contributed by atoms with Crippen LogP contribution in [-0.2, 0) is 11.2 Å². The first-order valence-corrected chi connectivity index (χ1v) is 8.29. The number of amides is 1. The van der Waals surface area contributed by atoms with Gasteiger partial charge >= 0.3 is 0 Å². The number of nitrogens with one attached hydrogen (secondary N) is 1. The predicted molar refractivity (Wildman–Crippen MR) is 92.2 cm³/mol. The third-order valence-electron chi connectivity index (χ3n) is 4.13. The topological polar surface area (TPSA) is 58.2 Å². The summed E-state index contributed by atoms with van der Waals surface area (Å²) < 4.78 is 18.6. The van der Waals surface area contributed by atoms with E-state index in [1.54, 1.807) is 29.2 Å². The molecule has 3 aromatic rings. The number of benzene rings is 2. The third-order valence-corrected chi connectivity index (χ3v) is 4.36. The summed E-state index contributed by atoms with van der Waals surface area (Å²) in [5, 5.41) is 0.623. The fourth-order valence-corrected chi connectivity index (χ4v) is 2.97. The first-order valence-electron chi connectivity index (χ1n) is 7.91. The average Bonchev–Trinajstić information content (AvgIpc) is 2.93. The van der Waals surface area contributed by atoms with E-state index in [1.807, 2.05) is 6.07 Å². The van der Waals surface area contributed by atoms with Crippen LogP contribution in [0.5, 0.6) is 5.75 Å². The molecule has 0 saturated carbocycles. The first-order chi connectivity index (χ1) is 12.1. The van der Waals surface area contributed by atoms with E-state index in [9.17, 15) is 9.18 Å². The van der Waals surface area contributed by atoms with Crippen molar-refractivity contribution < 1.29 is 13.9 Å². The highest BCUT2D eigenvalue weighted by atomic mass is 35.5. The number of likely N-dealkylation sites (tertiary alicyclic amines) is 1. The van der Waals surface area contributed by atoms with E-state index in [0.29, 0.717) is 29.7 Å². The highest BCUT2D eigenvalue weighted by molar-refractivity contribution is 6.31. The van der Waals surface area contributed by atoms with Crippen molar-refractivity contribution in [1.82, 2.24) is 14.9 Å². The molecule has 2 heterocycles. The van der Waals surface area contributed by atoms with Crippen molar-refractivity contribution in [2.24, 2.45) is 0 Å². The summed E-state index contributed by atoms with van der Waals surface area (Å²) in [6.07, 6.45) is 0.138. The van der Waals surface area contributed by atoms with E-state index in [-0.39, 0.29) is 24.2 Å². The molecule has 128 valence electrons. The minimum atomic E-state index is -0.301. The van der Waals surface area contributed by atoms with E-state index in [4.69, 9.17) is 16.3 Å². The van der Waals surface area contributed by atoms with Gasteiger partial charge in [-0.2, -0.15) is 0 Å². The SMILES string of the molecule is O=C(Cc1nc2ccc(Cl)cc2[nH]1)N1CC(Oc2ccc(F)cc2)C1. The lowest BCUT2D eigenvalue weighted by molar-refractivity contribution is -0.139. The molecule has 4 rings (SSSR count). The van der Waals surface area contributed by atoms with E-state index in [1.165, 1.54) is 12.1 Å². The van der Waals surface area contributed by atoms with E-state index in [0.717, 1.165) is 11.0 Å². The van der Waals surface area contributed by atoms with Crippen molar-refractivity contribution in [1.29, 1.82) is 0 Å². The van der Waals surface area contributed by atoms with Gasteiger partial charge in [-0.3, -0.25) is 4.79 Å². The molecule has 1 aromatic heterocycles. The lowest BCUT2D eigenvalue weighted by atomic mass is 10.1. The molecule has 1 amide bonds. The number of rotatable bonds is 4. The molecule has 0 unspecified atom stereocenters. The monoisotopic (exact) mass is 359 g/mol. The number of carbonyl (C=O) groups is 1. The summed E-state index contributed by atoms with van der Waals surface area (Å²) in [6.45, 7) is 1.03. The number of hydrogen-bond acceptors (Lipinski definition) is 3. The van der Waals surface area contributed by atoms with Gasteiger partial charge in [-0.05, 0) is 42.5 Å². The standard InChI is InChI=1S/C18H15ClFN3O2/c19-11-1-6-15-16(7-11)22-17(21-15)8-18(24)23-9-14(10-23)25-13-4-2-12(20)3-5-13/h1-7,14H,8-10H2,(H,21,22). The molecule has 1 aliphatic heterocycles. The highest BCUT2D eigenvalue weighted by Gasteiger charge is 2.32. The highest BCUT2D eigenvalue weighted by Crippen LogP contribution is 2.20. The Morgan fingerprint density at radius 1 is 1.28 bits per heavy atom. The molecule has 0 spiro atoms. The van der Waals surface area contributed by atoms with Crippen molar-refractivity contribution >= 4 is 28.5 Å².